The third kappa shape index (κ3) is 9.13. The fourth-order valence-corrected chi connectivity index (χ4v) is 12.2. The minimum atomic E-state index is -0.909. The Balaban J connectivity index is 0.891. The normalized spacial score (nSPS) is 21.8. The zero-order valence-corrected chi connectivity index (χ0v) is 41.6. The molecule has 5 heterocycles. The Bertz CT molecular complexity index is 2880. The summed E-state index contributed by atoms with van der Waals surface area (Å²) >= 11 is 0. The molecule has 4 aliphatic heterocycles. The summed E-state index contributed by atoms with van der Waals surface area (Å²) in [6.45, 7) is 9.18. The van der Waals surface area contributed by atoms with Crippen molar-refractivity contribution < 1.29 is 38.1 Å². The number of aromatic nitrogens is 2. The third-order valence-electron chi connectivity index (χ3n) is 16.0. The van der Waals surface area contributed by atoms with Gasteiger partial charge in [-0.3, -0.25) is 19.4 Å². The maximum Gasteiger partial charge on any atom is 0.407 e. The average molecular weight is 968 g/mol. The van der Waals surface area contributed by atoms with Crippen molar-refractivity contribution >= 4 is 46.2 Å². The highest BCUT2D eigenvalue weighted by atomic mass is 16.7. The van der Waals surface area contributed by atoms with Crippen molar-refractivity contribution in [1.29, 1.82) is 0 Å². The molecule has 374 valence electrons. The Labute approximate surface area is 413 Å². The van der Waals surface area contributed by atoms with E-state index < -0.39 is 36.1 Å². The van der Waals surface area contributed by atoms with E-state index in [0.29, 0.717) is 55.7 Å². The molecule has 4 atom stereocenters. The first-order chi connectivity index (χ1) is 34.2. The molecule has 2 spiro atoms. The number of nitrogens with one attached hydrogen (secondary N) is 3. The van der Waals surface area contributed by atoms with E-state index in [-0.39, 0.29) is 47.2 Å². The van der Waals surface area contributed by atoms with Crippen LogP contribution >= 0.6 is 0 Å². The van der Waals surface area contributed by atoms with Crippen LogP contribution in [0, 0.1) is 17.3 Å². The summed E-state index contributed by atoms with van der Waals surface area (Å²) in [6, 6.07) is 16.8. The zero-order valence-electron chi connectivity index (χ0n) is 41.6. The second kappa shape index (κ2) is 19.3. The highest BCUT2D eigenvalue weighted by molar-refractivity contribution is 6.04. The van der Waals surface area contributed by atoms with Gasteiger partial charge in [0.25, 0.3) is 5.56 Å². The van der Waals surface area contributed by atoms with Gasteiger partial charge in [0.2, 0.25) is 11.8 Å². The Morgan fingerprint density at radius 2 is 1.35 bits per heavy atom. The smallest absolute Gasteiger partial charge is 0.407 e. The minimum absolute atomic E-state index is 0.174. The fourth-order valence-electron chi connectivity index (χ4n) is 12.2. The topological polar surface area (TPSA) is 194 Å². The van der Waals surface area contributed by atoms with Gasteiger partial charge in [0.15, 0.2) is 5.79 Å². The van der Waals surface area contributed by atoms with Crippen molar-refractivity contribution in [2.75, 3.05) is 40.5 Å². The number of carbonyl (C=O) groups is 4. The highest BCUT2D eigenvalue weighted by Crippen LogP contribution is 2.53. The van der Waals surface area contributed by atoms with E-state index in [1.165, 1.54) is 56.6 Å². The second-order valence-electron chi connectivity index (χ2n) is 21.1. The van der Waals surface area contributed by atoms with Gasteiger partial charge in [0, 0.05) is 31.3 Å². The lowest BCUT2D eigenvalue weighted by molar-refractivity contribution is -0.153. The van der Waals surface area contributed by atoms with E-state index in [9.17, 15) is 24.0 Å². The van der Waals surface area contributed by atoms with Gasteiger partial charge in [-0.05, 0) is 112 Å². The Kier molecular flexibility index (Phi) is 13.1. The molecule has 6 aliphatic rings. The number of fused-ring (bicyclic) bond motifs is 2. The molecule has 16 heteroatoms. The van der Waals surface area contributed by atoms with Crippen LogP contribution in [0.25, 0.3) is 38.7 Å². The average Bonchev–Trinajstić information content (AvgIpc) is 4.25. The summed E-state index contributed by atoms with van der Waals surface area (Å²) in [7, 11) is 2.56. The molecule has 0 bridgehead atoms. The number of allylic oxidation sites excluding steroid dienone is 1. The van der Waals surface area contributed by atoms with Crippen molar-refractivity contribution in [1.82, 2.24) is 30.4 Å². The first kappa shape index (κ1) is 48.2. The molecule has 71 heavy (non-hydrogen) atoms. The van der Waals surface area contributed by atoms with Crippen LogP contribution in [0.1, 0.15) is 108 Å². The monoisotopic (exact) mass is 967 g/mol. The molecule has 4 fully saturated rings. The number of amides is 4. The second-order valence-corrected chi connectivity index (χ2v) is 21.1. The Morgan fingerprint density at radius 3 is 1.97 bits per heavy atom. The van der Waals surface area contributed by atoms with Crippen molar-refractivity contribution in [3.8, 4) is 22.3 Å². The van der Waals surface area contributed by atoms with Gasteiger partial charge in [-0.2, -0.15) is 0 Å². The number of aromatic amines is 1. The molecule has 1 saturated carbocycles. The molecule has 3 aromatic carbocycles. The van der Waals surface area contributed by atoms with E-state index in [2.05, 4.69) is 58.1 Å². The number of likely N-dealkylation sites (tertiary alicyclic amines) is 2. The number of benzene rings is 3. The molecule has 2 aliphatic carbocycles. The molecule has 4 amide bonds. The van der Waals surface area contributed by atoms with Gasteiger partial charge in [0.05, 0.1) is 57.0 Å². The number of carbonyl (C=O) groups excluding carboxylic acids is 4. The van der Waals surface area contributed by atoms with Crippen molar-refractivity contribution in [2.24, 2.45) is 22.2 Å². The molecule has 3 saturated heterocycles. The summed E-state index contributed by atoms with van der Waals surface area (Å²) in [5.74, 6) is -1.27. The van der Waals surface area contributed by atoms with Crippen LogP contribution in [0.5, 0.6) is 0 Å². The summed E-state index contributed by atoms with van der Waals surface area (Å²) in [4.78, 5) is 82.8. The minimum Gasteiger partial charge on any atom is -0.453 e. The third-order valence-corrected chi connectivity index (χ3v) is 16.0. The van der Waals surface area contributed by atoms with E-state index in [1.54, 1.807) is 9.80 Å². The summed E-state index contributed by atoms with van der Waals surface area (Å²) in [5.41, 5.74) is 10.7. The van der Waals surface area contributed by atoms with Crippen LogP contribution in [0.15, 0.2) is 70.6 Å². The summed E-state index contributed by atoms with van der Waals surface area (Å²) in [5, 5.41) is 5.92. The summed E-state index contributed by atoms with van der Waals surface area (Å²) < 4.78 is 21.9. The number of nitrogens with zero attached hydrogens (tertiary/aromatic N) is 4. The van der Waals surface area contributed by atoms with Crippen molar-refractivity contribution in [2.45, 2.75) is 122 Å². The molecule has 16 nitrogen and oxygen atoms in total. The van der Waals surface area contributed by atoms with Crippen molar-refractivity contribution in [3.05, 3.63) is 93.7 Å². The fraction of sp³-hybridized carbons (Fsp3) is 0.509. The van der Waals surface area contributed by atoms with Crippen molar-refractivity contribution in [3.63, 3.8) is 0 Å². The molecular weight excluding hydrogens is 903 g/mol. The van der Waals surface area contributed by atoms with Gasteiger partial charge in [-0.1, -0.05) is 83.0 Å². The molecule has 0 radical (unpaired) electrons. The molecule has 1 aromatic heterocycles. The highest BCUT2D eigenvalue weighted by Gasteiger charge is 2.53. The number of hydrogen-bond donors (Lipinski definition) is 3. The maximum absolute atomic E-state index is 14.2. The van der Waals surface area contributed by atoms with Crippen LogP contribution in [-0.2, 0) is 41.4 Å². The number of rotatable bonds is 11. The quantitative estimate of drug-likeness (QED) is 0.133. The van der Waals surface area contributed by atoms with Crippen LogP contribution in [-0.4, -0.2) is 114 Å². The van der Waals surface area contributed by atoms with E-state index in [4.69, 9.17) is 28.9 Å². The van der Waals surface area contributed by atoms with Crippen LogP contribution in [0.4, 0.5) is 9.59 Å². The van der Waals surface area contributed by atoms with Gasteiger partial charge in [-0.15, -0.1) is 0 Å². The van der Waals surface area contributed by atoms with Crippen LogP contribution in [0.2, 0.25) is 0 Å². The molecular formula is C55H65N7O9. The first-order valence-corrected chi connectivity index (χ1v) is 25.3. The zero-order chi connectivity index (χ0) is 49.8. The number of H-pyrrole nitrogens is 1. The molecule has 4 aromatic rings. The number of hydrogen-bond acceptors (Lipinski definition) is 11. The molecule has 10 rings (SSSR count). The molecule has 0 unspecified atom stereocenters. The van der Waals surface area contributed by atoms with Crippen LogP contribution in [0.3, 0.4) is 0 Å². The largest absolute Gasteiger partial charge is 0.453 e. The number of methoxy groups -OCH3 is 2. The van der Waals surface area contributed by atoms with E-state index in [0.717, 1.165) is 52.8 Å². The van der Waals surface area contributed by atoms with Crippen LogP contribution < -0.4 is 16.2 Å². The lowest BCUT2D eigenvalue weighted by Gasteiger charge is -2.31. The van der Waals surface area contributed by atoms with Gasteiger partial charge >= 0.3 is 12.2 Å². The predicted molar refractivity (Wildman–Crippen MR) is 268 cm³/mol. The number of ether oxygens (including phenoxy) is 4. The Morgan fingerprint density at radius 1 is 0.761 bits per heavy atom. The summed E-state index contributed by atoms with van der Waals surface area (Å²) in [6.07, 6.45) is 9.84. The van der Waals surface area contributed by atoms with Gasteiger partial charge < -0.3 is 44.4 Å². The maximum atomic E-state index is 14.2. The van der Waals surface area contributed by atoms with Gasteiger partial charge in [-0.25, -0.2) is 14.6 Å². The predicted octanol–water partition coefficient (Wildman–Crippen LogP) is 7.87. The SMILES string of the molecule is COC(=O)N[C@@H](C(=O)N1CC2(C[C@H]1C1=NC=C(c3ccc(-c4ccc(-c5ccc6nc([C@@H]7CCCN7C(=O)[C@H](NC(=O)OC)C(C)C)[nH]c(=O)c6c5)c5c4CC4(CCCC4)C5)cc3)C1)OCCO2)C(C)C. The number of aliphatic imine (C=N–C) groups is 1. The first-order valence-electron chi connectivity index (χ1n) is 25.3. The standard InChI is InChI=1S/C55H65N7O9/c1-31(2)46(58-52(66)68-5)50(64)61-21-9-10-44(61)48-57-42-18-15-35(24-39(42)49(63)60-48)38-17-16-37(40-26-54(27-41(38)40)19-7-8-20-54)34-13-11-33(12-14-34)36-25-43(56-29-36)45-28-55(70-22-23-71-55)30-62(45)51(65)47(32(3)4)59-53(67)69-6/h11-18,24,29,31-32,44-47H,7-10,19-23,25-28,30H2,1-6H3,(H,58,66)(H,59,67)(H,57,60,63)/t44-,45-,46+,47+/m0/s1. The Hall–Kier alpha value is -6.39. The number of alkyl carbamates (subject to hydrolysis) is 2. The van der Waals surface area contributed by atoms with E-state index in [1.807, 2.05) is 46.0 Å². The lowest BCUT2D eigenvalue weighted by Crippen LogP contribution is -2.54. The lowest BCUT2D eigenvalue weighted by atomic mass is 9.82. The van der Waals surface area contributed by atoms with Gasteiger partial charge in [0.1, 0.15) is 17.9 Å². The van der Waals surface area contributed by atoms with E-state index >= 15 is 0 Å². The molecule has 3 N–H and O–H groups in total.